The second-order valence-electron chi connectivity index (χ2n) is 7.40. The molecule has 0 fully saturated rings. The Hall–Kier alpha value is -4.05. The number of amides is 1. The van der Waals surface area contributed by atoms with Crippen molar-refractivity contribution in [2.75, 3.05) is 19.0 Å². The van der Waals surface area contributed by atoms with Gasteiger partial charge in [-0.1, -0.05) is 30.3 Å². The first-order chi connectivity index (χ1) is 16.0. The highest BCUT2D eigenvalue weighted by atomic mass is 19.1. The van der Waals surface area contributed by atoms with E-state index in [0.717, 1.165) is 10.1 Å². The van der Waals surface area contributed by atoms with Crippen molar-refractivity contribution in [2.45, 2.75) is 19.6 Å². The quantitative estimate of drug-likeness (QED) is 0.441. The van der Waals surface area contributed by atoms with Crippen molar-refractivity contribution in [3.63, 3.8) is 0 Å². The van der Waals surface area contributed by atoms with E-state index in [1.165, 1.54) is 35.2 Å². The Bertz CT molecular complexity index is 1390. The van der Waals surface area contributed by atoms with Crippen LogP contribution in [0, 0.1) is 5.82 Å². The molecule has 9 nitrogen and oxygen atoms in total. The molecule has 0 radical (unpaired) electrons. The molecule has 33 heavy (non-hydrogen) atoms. The van der Waals surface area contributed by atoms with E-state index < -0.39 is 29.5 Å². The van der Waals surface area contributed by atoms with Gasteiger partial charge in [0.15, 0.2) is 11.2 Å². The van der Waals surface area contributed by atoms with Crippen LogP contribution in [0.15, 0.2) is 70.5 Å². The summed E-state index contributed by atoms with van der Waals surface area (Å²) in [5.74, 6) is -1.03. The van der Waals surface area contributed by atoms with Crippen LogP contribution in [-0.2, 0) is 29.2 Å². The van der Waals surface area contributed by atoms with Crippen molar-refractivity contribution < 1.29 is 13.9 Å². The minimum Gasteiger partial charge on any atom is -0.383 e. The van der Waals surface area contributed by atoms with Gasteiger partial charge in [-0.15, -0.1) is 0 Å². The molecule has 0 aliphatic heterocycles. The Morgan fingerprint density at radius 2 is 1.79 bits per heavy atom. The molecule has 1 amide bonds. The molecule has 2 aromatic carbocycles. The Morgan fingerprint density at radius 1 is 1.06 bits per heavy atom. The second-order valence-corrected chi connectivity index (χ2v) is 7.40. The number of nitrogens with one attached hydrogen (secondary N) is 1. The van der Waals surface area contributed by atoms with Crippen molar-refractivity contribution in [2.24, 2.45) is 0 Å². The van der Waals surface area contributed by atoms with Gasteiger partial charge in [0.25, 0.3) is 5.56 Å². The predicted molar refractivity (Wildman–Crippen MR) is 121 cm³/mol. The van der Waals surface area contributed by atoms with E-state index in [9.17, 15) is 18.8 Å². The van der Waals surface area contributed by atoms with Crippen molar-refractivity contribution >= 4 is 22.8 Å². The summed E-state index contributed by atoms with van der Waals surface area (Å²) in [5.41, 5.74) is 0.362. The van der Waals surface area contributed by atoms with Crippen LogP contribution in [0.25, 0.3) is 11.2 Å². The van der Waals surface area contributed by atoms with Gasteiger partial charge in [0.1, 0.15) is 12.4 Å². The molecule has 2 heterocycles. The predicted octanol–water partition coefficient (Wildman–Crippen LogP) is 1.83. The van der Waals surface area contributed by atoms with Gasteiger partial charge < -0.3 is 14.6 Å². The van der Waals surface area contributed by atoms with Gasteiger partial charge in [-0.05, 0) is 29.8 Å². The summed E-state index contributed by atoms with van der Waals surface area (Å²) >= 11 is 0. The largest absolute Gasteiger partial charge is 0.383 e. The highest BCUT2D eigenvalue weighted by molar-refractivity contribution is 5.90. The van der Waals surface area contributed by atoms with Gasteiger partial charge in [0, 0.05) is 19.3 Å². The molecule has 0 saturated heterocycles. The highest BCUT2D eigenvalue weighted by Gasteiger charge is 2.20. The van der Waals surface area contributed by atoms with Crippen LogP contribution in [0.1, 0.15) is 5.56 Å². The number of benzene rings is 2. The average molecular weight is 451 g/mol. The van der Waals surface area contributed by atoms with E-state index >= 15 is 0 Å². The van der Waals surface area contributed by atoms with Crippen LogP contribution in [0.5, 0.6) is 0 Å². The van der Waals surface area contributed by atoms with Gasteiger partial charge in [0.05, 0.1) is 19.5 Å². The molecule has 0 spiro atoms. The third kappa shape index (κ3) is 4.75. The van der Waals surface area contributed by atoms with Crippen LogP contribution in [-0.4, -0.2) is 38.3 Å². The molecule has 0 aliphatic carbocycles. The number of hydrogen-bond donors (Lipinski definition) is 1. The van der Waals surface area contributed by atoms with Gasteiger partial charge in [-0.2, -0.15) is 0 Å². The Labute approximate surface area is 187 Å². The number of carbonyl (C=O) groups excluding carboxylic acids is 1. The summed E-state index contributed by atoms with van der Waals surface area (Å²) < 4.78 is 22.1. The smallest absolute Gasteiger partial charge is 0.333 e. The minimum atomic E-state index is -0.650. The lowest BCUT2D eigenvalue weighted by atomic mass is 10.2. The second kappa shape index (κ2) is 9.61. The number of nitrogens with zero attached hydrogens (tertiary/aromatic N) is 4. The van der Waals surface area contributed by atoms with Crippen molar-refractivity contribution in [1.82, 2.24) is 18.7 Å². The molecular weight excluding hydrogens is 429 g/mol. The van der Waals surface area contributed by atoms with Crippen LogP contribution in [0.4, 0.5) is 10.1 Å². The molecule has 0 atom stereocenters. The summed E-state index contributed by atoms with van der Waals surface area (Å²) in [6.07, 6.45) is 1.48. The zero-order chi connectivity index (χ0) is 23.4. The average Bonchev–Trinajstić information content (AvgIpc) is 3.24. The molecule has 10 heteroatoms. The number of hydrogen-bond acceptors (Lipinski definition) is 5. The summed E-state index contributed by atoms with van der Waals surface area (Å²) in [6, 6.07) is 14.5. The van der Waals surface area contributed by atoms with Crippen LogP contribution in [0.3, 0.4) is 0 Å². The maximum Gasteiger partial charge on any atom is 0.333 e. The van der Waals surface area contributed by atoms with Gasteiger partial charge in [-0.25, -0.2) is 18.7 Å². The topological polar surface area (TPSA) is 100 Å². The van der Waals surface area contributed by atoms with E-state index in [0.29, 0.717) is 18.8 Å². The molecule has 0 saturated carbocycles. The molecule has 4 rings (SSSR count). The van der Waals surface area contributed by atoms with E-state index in [1.807, 2.05) is 30.3 Å². The number of fused-ring (bicyclic) bond motifs is 1. The number of carbonyl (C=O) groups is 1. The van der Waals surface area contributed by atoms with Crippen molar-refractivity contribution in [3.8, 4) is 0 Å². The van der Waals surface area contributed by atoms with Gasteiger partial charge >= 0.3 is 5.69 Å². The number of aromatic nitrogens is 4. The number of halogens is 1. The Balaban J connectivity index is 1.77. The zero-order valence-corrected chi connectivity index (χ0v) is 17.9. The first-order valence-electron chi connectivity index (χ1n) is 10.2. The number of imidazole rings is 1. The molecule has 0 aliphatic rings. The summed E-state index contributed by atoms with van der Waals surface area (Å²) in [5, 5.41) is 2.58. The molecule has 1 N–H and O–H groups in total. The maximum absolute atomic E-state index is 13.3. The molecule has 170 valence electrons. The highest BCUT2D eigenvalue weighted by Crippen LogP contribution is 2.11. The molecule has 4 aromatic rings. The van der Waals surface area contributed by atoms with Crippen molar-refractivity contribution in [3.05, 3.63) is 93.1 Å². The third-order valence-corrected chi connectivity index (χ3v) is 5.13. The lowest BCUT2D eigenvalue weighted by Crippen LogP contribution is -2.43. The van der Waals surface area contributed by atoms with E-state index in [4.69, 9.17) is 4.74 Å². The van der Waals surface area contributed by atoms with Crippen LogP contribution >= 0.6 is 0 Å². The molecule has 0 bridgehead atoms. The van der Waals surface area contributed by atoms with Crippen LogP contribution in [0.2, 0.25) is 0 Å². The lowest BCUT2D eigenvalue weighted by Gasteiger charge is -2.13. The summed E-state index contributed by atoms with van der Waals surface area (Å²) in [7, 11) is 1.54. The molecular formula is C23H22FN5O4. The molecule has 0 unspecified atom stereocenters. The van der Waals surface area contributed by atoms with E-state index in [1.54, 1.807) is 11.7 Å². The minimum absolute atomic E-state index is 0.178. The lowest BCUT2D eigenvalue weighted by molar-refractivity contribution is -0.116. The monoisotopic (exact) mass is 451 g/mol. The Kier molecular flexibility index (Phi) is 6.45. The standard InChI is InChI=1S/C23H22FN5O4/c1-33-12-11-27-15-25-21-20(27)22(31)29(14-19(30)26-18-9-7-17(24)8-10-18)23(32)28(21)13-16-5-3-2-4-6-16/h2-10,15H,11-14H2,1H3,(H,26,30). The number of ether oxygens (including phenoxy) is 1. The normalized spacial score (nSPS) is 11.1. The molecule has 2 aromatic heterocycles. The number of anilines is 1. The van der Waals surface area contributed by atoms with Crippen LogP contribution < -0.4 is 16.6 Å². The van der Waals surface area contributed by atoms with E-state index in [2.05, 4.69) is 10.3 Å². The summed E-state index contributed by atoms with van der Waals surface area (Å²) in [4.78, 5) is 43.5. The number of rotatable bonds is 8. The number of methoxy groups -OCH3 is 1. The fourth-order valence-corrected chi connectivity index (χ4v) is 3.52. The summed E-state index contributed by atoms with van der Waals surface area (Å²) in [6.45, 7) is 0.369. The fourth-order valence-electron chi connectivity index (χ4n) is 3.52. The first kappa shape index (κ1) is 22.2. The van der Waals surface area contributed by atoms with Gasteiger partial charge in [0.2, 0.25) is 5.91 Å². The fraction of sp³-hybridized carbons (Fsp3) is 0.217. The Morgan fingerprint density at radius 3 is 2.48 bits per heavy atom. The SMILES string of the molecule is COCCn1cnc2c1c(=O)n(CC(=O)Nc1ccc(F)cc1)c(=O)n2Cc1ccccc1. The van der Waals surface area contributed by atoms with Gasteiger partial charge in [-0.3, -0.25) is 14.2 Å². The van der Waals surface area contributed by atoms with Crippen molar-refractivity contribution in [1.29, 1.82) is 0 Å². The van der Waals surface area contributed by atoms with E-state index in [-0.39, 0.29) is 17.7 Å². The third-order valence-electron chi connectivity index (χ3n) is 5.13. The zero-order valence-electron chi connectivity index (χ0n) is 17.9. The maximum atomic E-state index is 13.3. The first-order valence-corrected chi connectivity index (χ1v) is 10.2.